The second kappa shape index (κ2) is 6.49. The molecule has 0 aliphatic rings. The summed E-state index contributed by atoms with van der Waals surface area (Å²) in [6, 6.07) is 5.39. The van der Waals surface area contributed by atoms with Gasteiger partial charge in [0.05, 0.1) is 0 Å². The van der Waals surface area contributed by atoms with E-state index in [-0.39, 0.29) is 0 Å². The highest BCUT2D eigenvalue weighted by atomic mass is 32.2. The average molecular weight is 229 g/mol. The minimum Gasteiger partial charge on any atom is -0.306 e. The zero-order valence-electron chi connectivity index (χ0n) is 9.12. The van der Waals surface area contributed by atoms with Gasteiger partial charge in [0.25, 0.3) is 0 Å². The Balaban J connectivity index is 2.29. The summed E-state index contributed by atoms with van der Waals surface area (Å²) in [5.74, 6) is 2.41. The highest BCUT2D eigenvalue weighted by Gasteiger charge is 2.09. The molecule has 0 amide bonds. The van der Waals surface area contributed by atoms with E-state index < -0.39 is 0 Å². The summed E-state index contributed by atoms with van der Waals surface area (Å²) in [5, 5.41) is 5.74. The smallest absolute Gasteiger partial charge is 0.0388 e. The Morgan fingerprint density at radius 1 is 1.50 bits per heavy atom. The first kappa shape index (κ1) is 12.1. The standard InChI is InChI=1S/C11H19NS2/c1-4-13-8-9(2)12-10(3)11-6-5-7-14-11/h5-7,9-10,12H,4,8H2,1-3H3. The Kier molecular flexibility index (Phi) is 5.60. The van der Waals surface area contributed by atoms with Gasteiger partial charge in [-0.1, -0.05) is 13.0 Å². The van der Waals surface area contributed by atoms with Crippen molar-refractivity contribution < 1.29 is 0 Å². The number of hydrogen-bond acceptors (Lipinski definition) is 3. The normalized spacial score (nSPS) is 15.4. The van der Waals surface area contributed by atoms with Crippen LogP contribution in [0.15, 0.2) is 17.5 Å². The Bertz CT molecular complexity index is 233. The van der Waals surface area contributed by atoms with Crippen molar-refractivity contribution in [3.05, 3.63) is 22.4 Å². The molecule has 0 aliphatic heterocycles. The maximum absolute atomic E-state index is 3.61. The molecule has 2 unspecified atom stereocenters. The van der Waals surface area contributed by atoms with E-state index >= 15 is 0 Å². The van der Waals surface area contributed by atoms with E-state index in [4.69, 9.17) is 0 Å². The summed E-state index contributed by atoms with van der Waals surface area (Å²) in [7, 11) is 0. The summed E-state index contributed by atoms with van der Waals surface area (Å²) < 4.78 is 0. The first-order chi connectivity index (χ1) is 6.74. The lowest BCUT2D eigenvalue weighted by Gasteiger charge is -2.18. The quantitative estimate of drug-likeness (QED) is 0.801. The molecule has 80 valence electrons. The van der Waals surface area contributed by atoms with E-state index in [1.54, 1.807) is 0 Å². The molecule has 0 spiro atoms. The molecule has 14 heavy (non-hydrogen) atoms. The van der Waals surface area contributed by atoms with Crippen LogP contribution in [0.4, 0.5) is 0 Å². The van der Waals surface area contributed by atoms with Crippen molar-refractivity contribution in [2.24, 2.45) is 0 Å². The topological polar surface area (TPSA) is 12.0 Å². The van der Waals surface area contributed by atoms with Crippen molar-refractivity contribution in [2.45, 2.75) is 32.9 Å². The lowest BCUT2D eigenvalue weighted by molar-refractivity contribution is 0.517. The van der Waals surface area contributed by atoms with Crippen LogP contribution in [0.25, 0.3) is 0 Å². The van der Waals surface area contributed by atoms with Crippen LogP contribution in [0.5, 0.6) is 0 Å². The van der Waals surface area contributed by atoms with Gasteiger partial charge in [-0.05, 0) is 31.0 Å². The SMILES string of the molecule is CCSCC(C)NC(C)c1cccs1. The van der Waals surface area contributed by atoms with Crippen LogP contribution in [-0.2, 0) is 0 Å². The highest BCUT2D eigenvalue weighted by molar-refractivity contribution is 7.99. The fourth-order valence-corrected chi connectivity index (χ4v) is 2.82. The summed E-state index contributed by atoms with van der Waals surface area (Å²) in [5.41, 5.74) is 0. The van der Waals surface area contributed by atoms with Gasteiger partial charge < -0.3 is 5.32 Å². The Labute approximate surface area is 95.3 Å². The highest BCUT2D eigenvalue weighted by Crippen LogP contribution is 2.19. The zero-order chi connectivity index (χ0) is 10.4. The van der Waals surface area contributed by atoms with Crippen LogP contribution in [0, 0.1) is 0 Å². The van der Waals surface area contributed by atoms with Gasteiger partial charge in [0, 0.05) is 22.7 Å². The van der Waals surface area contributed by atoms with Gasteiger partial charge in [0.1, 0.15) is 0 Å². The van der Waals surface area contributed by atoms with Gasteiger partial charge in [0.15, 0.2) is 0 Å². The van der Waals surface area contributed by atoms with E-state index in [2.05, 4.69) is 43.6 Å². The summed E-state index contributed by atoms with van der Waals surface area (Å²) in [6.07, 6.45) is 0. The van der Waals surface area contributed by atoms with Gasteiger partial charge in [-0.2, -0.15) is 11.8 Å². The minimum atomic E-state index is 0.488. The molecule has 1 heterocycles. The lowest BCUT2D eigenvalue weighted by Crippen LogP contribution is -2.30. The largest absolute Gasteiger partial charge is 0.306 e. The fraction of sp³-hybridized carbons (Fsp3) is 0.636. The molecule has 0 aliphatic carbocycles. The summed E-state index contributed by atoms with van der Waals surface area (Å²) in [4.78, 5) is 1.43. The van der Waals surface area contributed by atoms with Crippen molar-refractivity contribution in [1.29, 1.82) is 0 Å². The van der Waals surface area contributed by atoms with Crippen LogP contribution in [0.1, 0.15) is 31.7 Å². The van der Waals surface area contributed by atoms with E-state index in [0.717, 1.165) is 0 Å². The molecular weight excluding hydrogens is 210 g/mol. The zero-order valence-corrected chi connectivity index (χ0v) is 10.8. The Morgan fingerprint density at radius 2 is 2.29 bits per heavy atom. The predicted octanol–water partition coefficient (Wildman–Crippen LogP) is 3.54. The lowest BCUT2D eigenvalue weighted by atomic mass is 10.2. The maximum Gasteiger partial charge on any atom is 0.0388 e. The van der Waals surface area contributed by atoms with Crippen molar-refractivity contribution in [1.82, 2.24) is 5.32 Å². The van der Waals surface area contributed by atoms with Crippen molar-refractivity contribution in [3.63, 3.8) is 0 Å². The van der Waals surface area contributed by atoms with Crippen LogP contribution in [0.3, 0.4) is 0 Å². The Hall–Kier alpha value is 0.01000. The molecule has 0 saturated carbocycles. The monoisotopic (exact) mass is 229 g/mol. The molecule has 0 aromatic carbocycles. The maximum atomic E-state index is 3.61. The molecule has 0 bridgehead atoms. The predicted molar refractivity (Wildman–Crippen MR) is 68.3 cm³/mol. The molecule has 0 saturated heterocycles. The third kappa shape index (κ3) is 4.03. The number of rotatable bonds is 6. The van der Waals surface area contributed by atoms with Crippen molar-refractivity contribution in [2.75, 3.05) is 11.5 Å². The van der Waals surface area contributed by atoms with E-state index in [0.29, 0.717) is 12.1 Å². The summed E-state index contributed by atoms with van der Waals surface area (Å²) >= 11 is 3.82. The van der Waals surface area contributed by atoms with Crippen LogP contribution in [-0.4, -0.2) is 17.5 Å². The molecule has 0 radical (unpaired) electrons. The number of thiophene rings is 1. The van der Waals surface area contributed by atoms with Crippen LogP contribution < -0.4 is 5.32 Å². The molecule has 1 N–H and O–H groups in total. The Morgan fingerprint density at radius 3 is 2.86 bits per heavy atom. The second-order valence-corrected chi connectivity index (χ2v) is 5.76. The van der Waals surface area contributed by atoms with Crippen molar-refractivity contribution >= 4 is 23.1 Å². The van der Waals surface area contributed by atoms with Gasteiger partial charge in [-0.3, -0.25) is 0 Å². The molecule has 0 fully saturated rings. The average Bonchev–Trinajstić information content (AvgIpc) is 2.67. The molecular formula is C11H19NS2. The first-order valence-corrected chi connectivity index (χ1v) is 7.14. The molecule has 1 nitrogen and oxygen atoms in total. The fourth-order valence-electron chi connectivity index (χ4n) is 1.39. The number of thioether (sulfide) groups is 1. The van der Waals surface area contributed by atoms with E-state index in [9.17, 15) is 0 Å². The first-order valence-electron chi connectivity index (χ1n) is 5.11. The second-order valence-electron chi connectivity index (χ2n) is 3.46. The minimum absolute atomic E-state index is 0.488. The van der Waals surface area contributed by atoms with Crippen LogP contribution in [0.2, 0.25) is 0 Å². The third-order valence-electron chi connectivity index (χ3n) is 2.08. The van der Waals surface area contributed by atoms with Gasteiger partial charge in [-0.15, -0.1) is 11.3 Å². The van der Waals surface area contributed by atoms with Crippen molar-refractivity contribution in [3.8, 4) is 0 Å². The molecule has 1 aromatic rings. The third-order valence-corrected chi connectivity index (χ3v) is 4.28. The van der Waals surface area contributed by atoms with E-state index in [1.165, 1.54) is 16.4 Å². The molecule has 1 aromatic heterocycles. The number of nitrogens with one attached hydrogen (secondary N) is 1. The molecule has 2 atom stereocenters. The van der Waals surface area contributed by atoms with Gasteiger partial charge >= 0.3 is 0 Å². The molecule has 1 rings (SSSR count). The van der Waals surface area contributed by atoms with Gasteiger partial charge in [-0.25, -0.2) is 0 Å². The molecule has 3 heteroatoms. The van der Waals surface area contributed by atoms with E-state index in [1.807, 2.05) is 23.1 Å². The van der Waals surface area contributed by atoms with Gasteiger partial charge in [0.2, 0.25) is 0 Å². The summed E-state index contributed by atoms with van der Waals surface area (Å²) in [6.45, 7) is 6.70. The number of hydrogen-bond donors (Lipinski definition) is 1. The van der Waals surface area contributed by atoms with Crippen LogP contribution >= 0.6 is 23.1 Å².